The molecule has 1 aliphatic heterocycles. The zero-order valence-corrected chi connectivity index (χ0v) is 20.1. The standard InChI is InChI=1S/C21H25NO8S2/c1-12-17(19(23)29-4)21(31-18(12)20(24)30-5)32(25,26)22-10-6-7-15(22)14-11-13(27-2)8-9-16(14)28-3/h8-9,11,15H,6-7,10H2,1-5H3/t15-/m0/s1. The van der Waals surface area contributed by atoms with Crippen molar-refractivity contribution in [2.75, 3.05) is 35.0 Å². The maximum atomic E-state index is 13.8. The third kappa shape index (κ3) is 4.07. The van der Waals surface area contributed by atoms with Crippen LogP contribution < -0.4 is 9.47 Å². The van der Waals surface area contributed by atoms with Crippen molar-refractivity contribution in [1.29, 1.82) is 0 Å². The van der Waals surface area contributed by atoms with E-state index in [0.717, 1.165) is 7.11 Å². The molecule has 2 heterocycles. The van der Waals surface area contributed by atoms with Crippen LogP contribution in [0.1, 0.15) is 50.0 Å². The minimum Gasteiger partial charge on any atom is -0.497 e. The Balaban J connectivity index is 2.16. The van der Waals surface area contributed by atoms with E-state index >= 15 is 0 Å². The second kappa shape index (κ2) is 9.47. The Kier molecular flexibility index (Phi) is 7.11. The topological polar surface area (TPSA) is 108 Å². The van der Waals surface area contributed by atoms with Gasteiger partial charge in [0, 0.05) is 12.1 Å². The second-order valence-electron chi connectivity index (χ2n) is 7.08. The van der Waals surface area contributed by atoms with Gasteiger partial charge in [0.15, 0.2) is 4.21 Å². The highest BCUT2D eigenvalue weighted by Crippen LogP contribution is 2.44. The molecule has 11 heteroatoms. The van der Waals surface area contributed by atoms with E-state index in [1.165, 1.54) is 32.6 Å². The molecular formula is C21H25NO8S2. The zero-order valence-electron chi connectivity index (χ0n) is 18.5. The highest BCUT2D eigenvalue weighted by atomic mass is 32.2. The van der Waals surface area contributed by atoms with Gasteiger partial charge in [0.2, 0.25) is 0 Å². The number of sulfonamides is 1. The zero-order chi connectivity index (χ0) is 23.6. The molecule has 0 bridgehead atoms. The van der Waals surface area contributed by atoms with Crippen molar-refractivity contribution in [3.63, 3.8) is 0 Å². The first-order chi connectivity index (χ1) is 15.2. The summed E-state index contributed by atoms with van der Waals surface area (Å²) >= 11 is 0.710. The first kappa shape index (κ1) is 24.0. The van der Waals surface area contributed by atoms with Gasteiger partial charge in [-0.25, -0.2) is 18.0 Å². The van der Waals surface area contributed by atoms with Crippen molar-refractivity contribution in [3.05, 3.63) is 39.8 Å². The summed E-state index contributed by atoms with van der Waals surface area (Å²) < 4.78 is 49.0. The molecule has 1 atom stereocenters. The molecule has 3 rings (SSSR count). The lowest BCUT2D eigenvalue weighted by Crippen LogP contribution is -2.31. The first-order valence-electron chi connectivity index (χ1n) is 9.75. The monoisotopic (exact) mass is 483 g/mol. The normalized spacial score (nSPS) is 16.6. The molecule has 1 saturated heterocycles. The summed E-state index contributed by atoms with van der Waals surface area (Å²) in [7, 11) is 1.23. The Morgan fingerprint density at radius 2 is 1.75 bits per heavy atom. The minimum atomic E-state index is -4.16. The van der Waals surface area contributed by atoms with Gasteiger partial charge in [-0.3, -0.25) is 0 Å². The summed E-state index contributed by atoms with van der Waals surface area (Å²) in [6.45, 7) is 1.75. The van der Waals surface area contributed by atoms with Crippen LogP contribution in [0, 0.1) is 6.92 Å². The van der Waals surface area contributed by atoms with Crippen LogP contribution in [0.2, 0.25) is 0 Å². The van der Waals surface area contributed by atoms with E-state index < -0.39 is 28.0 Å². The number of benzene rings is 1. The molecule has 1 fully saturated rings. The van der Waals surface area contributed by atoms with Crippen LogP contribution in [0.4, 0.5) is 0 Å². The number of thiophene rings is 1. The fourth-order valence-electron chi connectivity index (χ4n) is 3.84. The largest absolute Gasteiger partial charge is 0.497 e. The molecule has 0 aliphatic carbocycles. The van der Waals surface area contributed by atoms with Crippen molar-refractivity contribution in [1.82, 2.24) is 4.31 Å². The van der Waals surface area contributed by atoms with Gasteiger partial charge in [-0.1, -0.05) is 0 Å². The molecule has 174 valence electrons. The van der Waals surface area contributed by atoms with E-state index in [4.69, 9.17) is 18.9 Å². The van der Waals surface area contributed by atoms with E-state index in [2.05, 4.69) is 0 Å². The van der Waals surface area contributed by atoms with Crippen LogP contribution >= 0.6 is 11.3 Å². The van der Waals surface area contributed by atoms with Crippen LogP contribution in [0.25, 0.3) is 0 Å². The third-order valence-corrected chi connectivity index (χ3v) is 9.09. The van der Waals surface area contributed by atoms with Crippen LogP contribution in [0.3, 0.4) is 0 Å². The van der Waals surface area contributed by atoms with Crippen LogP contribution in [-0.2, 0) is 19.5 Å². The fourth-order valence-corrected chi connectivity index (χ4v) is 7.37. The lowest BCUT2D eigenvalue weighted by molar-refractivity contribution is 0.0596. The van der Waals surface area contributed by atoms with Crippen molar-refractivity contribution < 1.29 is 37.0 Å². The second-order valence-corrected chi connectivity index (χ2v) is 10.2. The Morgan fingerprint density at radius 3 is 2.34 bits per heavy atom. The number of nitrogens with zero attached hydrogens (tertiary/aromatic N) is 1. The van der Waals surface area contributed by atoms with Gasteiger partial charge in [0.25, 0.3) is 10.0 Å². The van der Waals surface area contributed by atoms with E-state index in [0.29, 0.717) is 41.2 Å². The molecule has 0 unspecified atom stereocenters. The number of hydrogen-bond acceptors (Lipinski definition) is 9. The average molecular weight is 484 g/mol. The maximum Gasteiger partial charge on any atom is 0.348 e. The van der Waals surface area contributed by atoms with Gasteiger partial charge >= 0.3 is 11.9 Å². The molecule has 0 amide bonds. The predicted molar refractivity (Wildman–Crippen MR) is 117 cm³/mol. The smallest absolute Gasteiger partial charge is 0.348 e. The molecule has 2 aromatic rings. The third-order valence-electron chi connectivity index (χ3n) is 5.42. The minimum absolute atomic E-state index is 0.0428. The van der Waals surface area contributed by atoms with Crippen molar-refractivity contribution in [2.45, 2.75) is 30.0 Å². The summed E-state index contributed by atoms with van der Waals surface area (Å²) in [5.74, 6) is -0.447. The van der Waals surface area contributed by atoms with E-state index in [1.54, 1.807) is 18.2 Å². The molecule has 0 spiro atoms. The fraction of sp³-hybridized carbons (Fsp3) is 0.429. The average Bonchev–Trinajstić information content (AvgIpc) is 3.43. The van der Waals surface area contributed by atoms with Gasteiger partial charge in [-0.2, -0.15) is 4.31 Å². The van der Waals surface area contributed by atoms with Crippen molar-refractivity contribution in [3.8, 4) is 11.5 Å². The Morgan fingerprint density at radius 1 is 1.06 bits per heavy atom. The van der Waals surface area contributed by atoms with Crippen LogP contribution in [-0.4, -0.2) is 59.6 Å². The predicted octanol–water partition coefficient (Wildman–Crippen LogP) is 3.17. The summed E-state index contributed by atoms with van der Waals surface area (Å²) in [6.07, 6.45) is 1.18. The van der Waals surface area contributed by atoms with Crippen LogP contribution in [0.15, 0.2) is 22.4 Å². The summed E-state index contributed by atoms with van der Waals surface area (Å²) in [5, 5.41) is 0. The number of ether oxygens (including phenoxy) is 4. The number of carbonyl (C=O) groups excluding carboxylic acids is 2. The van der Waals surface area contributed by atoms with Gasteiger partial charge < -0.3 is 18.9 Å². The molecule has 0 radical (unpaired) electrons. The lowest BCUT2D eigenvalue weighted by atomic mass is 10.0. The summed E-state index contributed by atoms with van der Waals surface area (Å²) in [5.41, 5.74) is 0.720. The molecule has 1 aromatic heterocycles. The number of esters is 2. The van der Waals surface area contributed by atoms with Gasteiger partial charge in [0.05, 0.1) is 40.0 Å². The Hall–Kier alpha value is -2.63. The Labute approximate surface area is 190 Å². The number of rotatable bonds is 7. The summed E-state index contributed by atoms with van der Waals surface area (Å²) in [4.78, 5) is 24.7. The maximum absolute atomic E-state index is 13.8. The number of methoxy groups -OCH3 is 4. The SMILES string of the molecule is COC(=O)c1sc(S(=O)(=O)N2CCC[C@H]2c2cc(OC)ccc2OC)c(C(=O)OC)c1C. The van der Waals surface area contributed by atoms with Gasteiger partial charge in [0.1, 0.15) is 16.4 Å². The van der Waals surface area contributed by atoms with E-state index in [1.807, 2.05) is 0 Å². The van der Waals surface area contributed by atoms with Crippen molar-refractivity contribution in [2.24, 2.45) is 0 Å². The Bertz CT molecular complexity index is 1140. The molecule has 9 nitrogen and oxygen atoms in total. The first-order valence-corrected chi connectivity index (χ1v) is 12.0. The highest BCUT2D eigenvalue weighted by molar-refractivity contribution is 7.91. The molecule has 1 aromatic carbocycles. The lowest BCUT2D eigenvalue weighted by Gasteiger charge is -2.26. The molecule has 1 aliphatic rings. The number of hydrogen-bond donors (Lipinski definition) is 0. The highest BCUT2D eigenvalue weighted by Gasteiger charge is 2.42. The van der Waals surface area contributed by atoms with E-state index in [9.17, 15) is 18.0 Å². The summed E-state index contributed by atoms with van der Waals surface area (Å²) in [6, 6.07) is 4.68. The molecular weight excluding hydrogens is 458 g/mol. The quantitative estimate of drug-likeness (QED) is 0.553. The van der Waals surface area contributed by atoms with Crippen LogP contribution in [0.5, 0.6) is 11.5 Å². The van der Waals surface area contributed by atoms with E-state index in [-0.39, 0.29) is 26.8 Å². The van der Waals surface area contributed by atoms with Crippen molar-refractivity contribution >= 4 is 33.3 Å². The molecule has 32 heavy (non-hydrogen) atoms. The van der Waals surface area contributed by atoms with Gasteiger partial charge in [-0.15, -0.1) is 11.3 Å². The number of carbonyl (C=O) groups is 2. The van der Waals surface area contributed by atoms with Gasteiger partial charge in [-0.05, 0) is 43.5 Å². The molecule has 0 N–H and O–H groups in total. The molecule has 0 saturated carbocycles.